The fourth-order valence-electron chi connectivity index (χ4n) is 3.61. The fourth-order valence-corrected chi connectivity index (χ4v) is 5.35. The van der Waals surface area contributed by atoms with Crippen LogP contribution < -0.4 is 9.47 Å². The molecule has 4 rings (SSSR count). The zero-order valence-corrected chi connectivity index (χ0v) is 20.9. The second kappa shape index (κ2) is 9.54. The van der Waals surface area contributed by atoms with Crippen LogP contribution in [-0.4, -0.2) is 29.2 Å². The Balaban J connectivity index is 1.60. The van der Waals surface area contributed by atoms with E-state index in [0.29, 0.717) is 23.0 Å². The van der Waals surface area contributed by atoms with Gasteiger partial charge in [0.05, 0.1) is 15.6 Å². The summed E-state index contributed by atoms with van der Waals surface area (Å²) in [6.45, 7) is 4.06. The Morgan fingerprint density at radius 1 is 1.09 bits per heavy atom. The van der Waals surface area contributed by atoms with Crippen molar-refractivity contribution >= 4 is 62.3 Å². The molecule has 0 aromatic heterocycles. The third kappa shape index (κ3) is 4.49. The normalized spacial score (nSPS) is 15.3. The maximum Gasteiger partial charge on any atom is 0.293 e. The molecular weight excluding hydrogens is 537 g/mol. The maximum absolute atomic E-state index is 12.6. The molecule has 0 N–H and O–H groups in total. The molecule has 32 heavy (non-hydrogen) atoms. The van der Waals surface area contributed by atoms with Crippen molar-refractivity contribution in [3.05, 3.63) is 74.2 Å². The topological polar surface area (TPSA) is 55.8 Å². The van der Waals surface area contributed by atoms with Crippen LogP contribution in [0.3, 0.4) is 0 Å². The summed E-state index contributed by atoms with van der Waals surface area (Å²) in [7, 11) is 1.59. The lowest BCUT2D eigenvalue weighted by atomic mass is 10.1. The van der Waals surface area contributed by atoms with Crippen LogP contribution in [0.1, 0.15) is 25.0 Å². The van der Waals surface area contributed by atoms with Gasteiger partial charge < -0.3 is 9.47 Å². The van der Waals surface area contributed by atoms with Crippen molar-refractivity contribution in [1.29, 1.82) is 0 Å². The molecule has 3 aromatic carbocycles. The molecule has 7 heteroatoms. The van der Waals surface area contributed by atoms with Crippen molar-refractivity contribution in [2.45, 2.75) is 26.5 Å². The van der Waals surface area contributed by atoms with Crippen LogP contribution in [0, 0.1) is 3.57 Å². The number of hydrogen-bond acceptors (Lipinski definition) is 5. The number of rotatable bonds is 6. The summed E-state index contributed by atoms with van der Waals surface area (Å²) in [5, 5.41) is 2.08. The van der Waals surface area contributed by atoms with E-state index in [-0.39, 0.29) is 17.2 Å². The number of hydrogen-bond donors (Lipinski definition) is 0. The second-order valence-corrected chi connectivity index (χ2v) is 9.76. The minimum Gasteiger partial charge on any atom is -0.493 e. The smallest absolute Gasteiger partial charge is 0.293 e. The van der Waals surface area contributed by atoms with Gasteiger partial charge in [0.2, 0.25) is 0 Å². The van der Waals surface area contributed by atoms with Crippen molar-refractivity contribution in [1.82, 2.24) is 4.90 Å². The molecule has 3 aromatic rings. The van der Waals surface area contributed by atoms with Crippen molar-refractivity contribution in [3.8, 4) is 11.5 Å². The van der Waals surface area contributed by atoms with E-state index in [1.807, 2.05) is 44.2 Å². The van der Waals surface area contributed by atoms with Gasteiger partial charge in [-0.1, -0.05) is 42.5 Å². The summed E-state index contributed by atoms with van der Waals surface area (Å²) in [6, 6.07) is 17.9. The number of benzene rings is 3. The lowest BCUT2D eigenvalue weighted by Crippen LogP contribution is -2.34. The molecule has 0 aliphatic carbocycles. The molecule has 0 bridgehead atoms. The highest BCUT2D eigenvalue weighted by atomic mass is 127. The third-order valence-electron chi connectivity index (χ3n) is 5.14. The number of fused-ring (bicyclic) bond motifs is 1. The van der Waals surface area contributed by atoms with E-state index in [0.717, 1.165) is 31.8 Å². The Kier molecular flexibility index (Phi) is 6.76. The molecule has 1 heterocycles. The SMILES string of the molecule is COc1cc(/C=C2\SC(=O)N(C(C)C)C2=O)cc(I)c1OCc1cccc2ccccc12. The predicted octanol–water partition coefficient (Wildman–Crippen LogP) is 6.48. The van der Waals surface area contributed by atoms with Gasteiger partial charge in [0.1, 0.15) is 6.61 Å². The van der Waals surface area contributed by atoms with Crippen LogP contribution in [-0.2, 0) is 11.4 Å². The van der Waals surface area contributed by atoms with Crippen molar-refractivity contribution in [2.75, 3.05) is 7.11 Å². The largest absolute Gasteiger partial charge is 0.493 e. The van der Waals surface area contributed by atoms with E-state index in [2.05, 4.69) is 46.9 Å². The highest BCUT2D eigenvalue weighted by Gasteiger charge is 2.36. The van der Waals surface area contributed by atoms with E-state index in [4.69, 9.17) is 9.47 Å². The van der Waals surface area contributed by atoms with Crippen LogP contribution in [0.4, 0.5) is 4.79 Å². The van der Waals surface area contributed by atoms with Crippen LogP contribution in [0.5, 0.6) is 11.5 Å². The summed E-state index contributed by atoms with van der Waals surface area (Å²) < 4.78 is 12.6. The Morgan fingerprint density at radius 3 is 2.56 bits per heavy atom. The van der Waals surface area contributed by atoms with Gasteiger partial charge in [-0.2, -0.15) is 0 Å². The van der Waals surface area contributed by atoms with Crippen molar-refractivity contribution < 1.29 is 19.1 Å². The molecule has 1 fully saturated rings. The van der Waals surface area contributed by atoms with E-state index in [9.17, 15) is 9.59 Å². The summed E-state index contributed by atoms with van der Waals surface area (Å²) in [5.74, 6) is 0.959. The van der Waals surface area contributed by atoms with Crippen LogP contribution in [0.2, 0.25) is 0 Å². The second-order valence-electron chi connectivity index (χ2n) is 7.61. The standard InChI is InChI=1S/C25H22INO4S/c1-15(2)27-24(28)22(32-25(27)29)13-16-11-20(26)23(21(12-16)30-3)31-14-18-9-6-8-17-7-4-5-10-19(17)18/h4-13,15H,14H2,1-3H3/b22-13-. The minimum absolute atomic E-state index is 0.173. The number of amides is 2. The zero-order valence-electron chi connectivity index (χ0n) is 17.9. The lowest BCUT2D eigenvalue weighted by Gasteiger charge is -2.16. The molecule has 2 amide bonds. The van der Waals surface area contributed by atoms with Crippen LogP contribution >= 0.6 is 34.4 Å². The molecule has 5 nitrogen and oxygen atoms in total. The number of methoxy groups -OCH3 is 1. The van der Waals surface area contributed by atoms with E-state index >= 15 is 0 Å². The van der Waals surface area contributed by atoms with Gasteiger partial charge in [0.25, 0.3) is 11.1 Å². The number of carbonyl (C=O) groups is 2. The maximum atomic E-state index is 12.6. The van der Waals surface area contributed by atoms with Crippen LogP contribution in [0.25, 0.3) is 16.8 Å². The molecule has 1 saturated heterocycles. The quantitative estimate of drug-likeness (QED) is 0.256. The highest BCUT2D eigenvalue weighted by molar-refractivity contribution is 14.1. The van der Waals surface area contributed by atoms with Crippen molar-refractivity contribution in [3.63, 3.8) is 0 Å². The number of halogens is 1. The first kappa shape index (κ1) is 22.7. The zero-order chi connectivity index (χ0) is 22.8. The molecule has 0 spiro atoms. The van der Waals surface area contributed by atoms with Gasteiger partial charge in [-0.25, -0.2) is 0 Å². The predicted molar refractivity (Wildman–Crippen MR) is 137 cm³/mol. The molecule has 1 aliphatic heterocycles. The third-order valence-corrected chi connectivity index (χ3v) is 6.83. The summed E-state index contributed by atoms with van der Waals surface area (Å²) in [5.41, 5.74) is 1.87. The summed E-state index contributed by atoms with van der Waals surface area (Å²) in [4.78, 5) is 26.4. The Labute approximate surface area is 204 Å². The fraction of sp³-hybridized carbons (Fsp3) is 0.200. The lowest BCUT2D eigenvalue weighted by molar-refractivity contribution is -0.123. The first-order chi connectivity index (χ1) is 15.4. The van der Waals surface area contributed by atoms with E-state index in [1.165, 1.54) is 10.3 Å². The van der Waals surface area contributed by atoms with Gasteiger partial charge in [0.15, 0.2) is 11.5 Å². The van der Waals surface area contributed by atoms with Gasteiger partial charge in [-0.05, 0) is 88.3 Å². The number of carbonyl (C=O) groups excluding carboxylic acids is 2. The number of nitrogens with zero attached hydrogens (tertiary/aromatic N) is 1. The Bertz CT molecular complexity index is 1230. The molecule has 0 atom stereocenters. The summed E-state index contributed by atoms with van der Waals surface area (Å²) in [6.07, 6.45) is 1.73. The summed E-state index contributed by atoms with van der Waals surface area (Å²) >= 11 is 3.16. The minimum atomic E-state index is -0.264. The molecule has 0 unspecified atom stereocenters. The molecule has 164 valence electrons. The van der Waals surface area contributed by atoms with E-state index < -0.39 is 0 Å². The molecule has 0 radical (unpaired) electrons. The van der Waals surface area contributed by atoms with Crippen LogP contribution in [0.15, 0.2) is 59.5 Å². The monoisotopic (exact) mass is 559 g/mol. The van der Waals surface area contributed by atoms with Gasteiger partial charge in [-0.15, -0.1) is 0 Å². The average molecular weight is 559 g/mol. The first-order valence-electron chi connectivity index (χ1n) is 10.1. The van der Waals surface area contributed by atoms with Gasteiger partial charge >= 0.3 is 0 Å². The van der Waals surface area contributed by atoms with Gasteiger partial charge in [-0.3, -0.25) is 14.5 Å². The van der Waals surface area contributed by atoms with Gasteiger partial charge in [0, 0.05) is 6.04 Å². The number of thioether (sulfide) groups is 1. The Morgan fingerprint density at radius 2 is 1.84 bits per heavy atom. The first-order valence-corrected chi connectivity index (χ1v) is 12.0. The number of imide groups is 1. The average Bonchev–Trinajstić information content (AvgIpc) is 3.05. The van der Waals surface area contributed by atoms with E-state index in [1.54, 1.807) is 13.2 Å². The number of ether oxygens (including phenoxy) is 2. The molecular formula is C25H22INO4S. The molecule has 1 aliphatic rings. The Hall–Kier alpha value is -2.52. The molecule has 0 saturated carbocycles. The highest BCUT2D eigenvalue weighted by Crippen LogP contribution is 2.38. The van der Waals surface area contributed by atoms with Crippen molar-refractivity contribution in [2.24, 2.45) is 0 Å².